The minimum Gasteiger partial charge on any atom is -0.497 e. The molecule has 102 valence electrons. The number of fused-ring (bicyclic) bond motifs is 1. The van der Waals surface area contributed by atoms with Gasteiger partial charge < -0.3 is 14.2 Å². The van der Waals surface area contributed by atoms with E-state index in [1.807, 2.05) is 6.92 Å². The highest BCUT2D eigenvalue weighted by Gasteiger charge is 2.51. The molecule has 3 rings (SSSR count). The zero-order valence-corrected chi connectivity index (χ0v) is 11.3. The highest BCUT2D eigenvalue weighted by atomic mass is 16.5. The molecule has 1 saturated carbocycles. The molecule has 0 radical (unpaired) electrons. The van der Waals surface area contributed by atoms with Crippen molar-refractivity contribution in [3.05, 3.63) is 23.8 Å². The molecule has 1 fully saturated rings. The second-order valence-corrected chi connectivity index (χ2v) is 5.23. The quantitative estimate of drug-likeness (QED) is 0.840. The number of ether oxygens (including phenoxy) is 3. The Kier molecular flexibility index (Phi) is 2.97. The van der Waals surface area contributed by atoms with Gasteiger partial charge in [0.1, 0.15) is 17.1 Å². The molecule has 0 N–H and O–H groups in total. The van der Waals surface area contributed by atoms with Crippen LogP contribution < -0.4 is 9.47 Å². The molecule has 1 aromatic rings. The summed E-state index contributed by atoms with van der Waals surface area (Å²) in [5.41, 5.74) is 0.308. The van der Waals surface area contributed by atoms with Gasteiger partial charge in [0.05, 0.1) is 25.2 Å². The van der Waals surface area contributed by atoms with Crippen LogP contribution in [0, 0.1) is 0 Å². The summed E-state index contributed by atoms with van der Waals surface area (Å²) < 4.78 is 16.8. The Labute approximate surface area is 112 Å². The molecular weight excluding hydrogens is 244 g/mol. The number of methoxy groups -OCH3 is 1. The Balaban J connectivity index is 1.82. The minimum atomic E-state index is -0.351. The standard InChI is InChI=1S/C15H18O4/c1-3-18-11-7-15(8-11)9-13(16)12-5-4-10(17-2)6-14(12)19-15/h4-6,11H,3,7-9H2,1-2H3. The highest BCUT2D eigenvalue weighted by molar-refractivity contribution is 6.00. The Bertz CT molecular complexity index is 503. The van der Waals surface area contributed by atoms with Crippen molar-refractivity contribution in [1.82, 2.24) is 0 Å². The van der Waals surface area contributed by atoms with Gasteiger partial charge in [-0.15, -0.1) is 0 Å². The molecule has 19 heavy (non-hydrogen) atoms. The van der Waals surface area contributed by atoms with E-state index < -0.39 is 0 Å². The first-order chi connectivity index (χ1) is 9.15. The number of hydrogen-bond donors (Lipinski definition) is 0. The summed E-state index contributed by atoms with van der Waals surface area (Å²) in [5.74, 6) is 1.51. The molecule has 4 heteroatoms. The molecule has 1 spiro atoms. The molecule has 1 aliphatic heterocycles. The highest BCUT2D eigenvalue weighted by Crippen LogP contribution is 2.46. The molecule has 0 saturated heterocycles. The summed E-state index contributed by atoms with van der Waals surface area (Å²) >= 11 is 0. The van der Waals surface area contributed by atoms with Crippen LogP contribution >= 0.6 is 0 Å². The summed E-state index contributed by atoms with van der Waals surface area (Å²) in [7, 11) is 1.61. The van der Waals surface area contributed by atoms with E-state index in [2.05, 4.69) is 0 Å². The third kappa shape index (κ3) is 2.10. The van der Waals surface area contributed by atoms with Gasteiger partial charge >= 0.3 is 0 Å². The van der Waals surface area contributed by atoms with E-state index in [0.717, 1.165) is 12.8 Å². The van der Waals surface area contributed by atoms with Gasteiger partial charge in [-0.25, -0.2) is 0 Å². The lowest BCUT2D eigenvalue weighted by atomic mass is 9.72. The van der Waals surface area contributed by atoms with Crippen LogP contribution in [0.2, 0.25) is 0 Å². The number of carbonyl (C=O) groups is 1. The maximum atomic E-state index is 12.2. The van der Waals surface area contributed by atoms with Crippen molar-refractivity contribution in [3.63, 3.8) is 0 Å². The van der Waals surface area contributed by atoms with Gasteiger partial charge in [0.15, 0.2) is 5.78 Å². The van der Waals surface area contributed by atoms with Gasteiger partial charge in [-0.05, 0) is 19.1 Å². The number of hydrogen-bond acceptors (Lipinski definition) is 4. The molecule has 0 bridgehead atoms. The lowest BCUT2D eigenvalue weighted by Gasteiger charge is -2.48. The molecule has 0 amide bonds. The predicted octanol–water partition coefficient (Wildman–Crippen LogP) is 2.60. The van der Waals surface area contributed by atoms with Crippen molar-refractivity contribution < 1.29 is 19.0 Å². The summed E-state index contributed by atoms with van der Waals surface area (Å²) in [6.07, 6.45) is 2.27. The van der Waals surface area contributed by atoms with E-state index in [-0.39, 0.29) is 17.5 Å². The first kappa shape index (κ1) is 12.5. The minimum absolute atomic E-state index is 0.152. The number of benzene rings is 1. The first-order valence-electron chi connectivity index (χ1n) is 6.67. The summed E-state index contributed by atoms with van der Waals surface area (Å²) in [4.78, 5) is 12.2. The van der Waals surface area contributed by atoms with Crippen LogP contribution in [0.3, 0.4) is 0 Å². The average Bonchev–Trinajstić information content (AvgIpc) is 2.36. The van der Waals surface area contributed by atoms with Crippen LogP contribution in [-0.2, 0) is 4.74 Å². The van der Waals surface area contributed by atoms with Crippen LogP contribution in [0.1, 0.15) is 36.5 Å². The molecule has 0 unspecified atom stereocenters. The molecule has 0 aromatic heterocycles. The molecule has 4 nitrogen and oxygen atoms in total. The number of rotatable bonds is 3. The van der Waals surface area contributed by atoms with Gasteiger partial charge in [0.2, 0.25) is 0 Å². The summed E-state index contributed by atoms with van der Waals surface area (Å²) in [6, 6.07) is 5.37. The molecule has 2 aliphatic rings. The van der Waals surface area contributed by atoms with Crippen molar-refractivity contribution in [2.45, 2.75) is 37.9 Å². The molecule has 1 aromatic carbocycles. The number of carbonyl (C=O) groups excluding carboxylic acids is 1. The molecule has 0 atom stereocenters. The van der Waals surface area contributed by atoms with E-state index >= 15 is 0 Å². The third-order valence-corrected chi connectivity index (χ3v) is 3.90. The van der Waals surface area contributed by atoms with Crippen molar-refractivity contribution in [2.75, 3.05) is 13.7 Å². The second-order valence-electron chi connectivity index (χ2n) is 5.23. The fourth-order valence-electron chi connectivity index (χ4n) is 2.95. The Morgan fingerprint density at radius 2 is 2.21 bits per heavy atom. The summed E-state index contributed by atoms with van der Waals surface area (Å²) in [6.45, 7) is 2.69. The molecule has 1 aliphatic carbocycles. The fourth-order valence-corrected chi connectivity index (χ4v) is 2.95. The fraction of sp³-hybridized carbons (Fsp3) is 0.533. The second kappa shape index (κ2) is 4.53. The van der Waals surface area contributed by atoms with Gasteiger partial charge in [-0.1, -0.05) is 0 Å². The Morgan fingerprint density at radius 1 is 1.42 bits per heavy atom. The molecular formula is C15H18O4. The van der Waals surface area contributed by atoms with Gasteiger partial charge in [0.25, 0.3) is 0 Å². The van der Waals surface area contributed by atoms with Gasteiger partial charge in [-0.3, -0.25) is 4.79 Å². The van der Waals surface area contributed by atoms with Crippen LogP contribution in [0.25, 0.3) is 0 Å². The topological polar surface area (TPSA) is 44.8 Å². The van der Waals surface area contributed by atoms with E-state index in [1.165, 1.54) is 0 Å². The zero-order valence-electron chi connectivity index (χ0n) is 11.3. The third-order valence-electron chi connectivity index (χ3n) is 3.90. The Morgan fingerprint density at radius 3 is 2.89 bits per heavy atom. The smallest absolute Gasteiger partial charge is 0.170 e. The van der Waals surface area contributed by atoms with E-state index in [4.69, 9.17) is 14.2 Å². The predicted molar refractivity (Wildman–Crippen MR) is 69.9 cm³/mol. The van der Waals surface area contributed by atoms with Crippen molar-refractivity contribution in [1.29, 1.82) is 0 Å². The normalized spacial score (nSPS) is 28.5. The first-order valence-corrected chi connectivity index (χ1v) is 6.67. The lowest BCUT2D eigenvalue weighted by molar-refractivity contribution is -0.123. The number of ketones is 1. The maximum Gasteiger partial charge on any atom is 0.170 e. The maximum absolute atomic E-state index is 12.2. The average molecular weight is 262 g/mol. The van der Waals surface area contributed by atoms with E-state index in [0.29, 0.717) is 30.1 Å². The monoisotopic (exact) mass is 262 g/mol. The Hall–Kier alpha value is -1.55. The van der Waals surface area contributed by atoms with Crippen LogP contribution in [0.15, 0.2) is 18.2 Å². The van der Waals surface area contributed by atoms with Crippen molar-refractivity contribution in [2.24, 2.45) is 0 Å². The van der Waals surface area contributed by atoms with Crippen LogP contribution in [0.5, 0.6) is 11.5 Å². The van der Waals surface area contributed by atoms with Crippen LogP contribution in [0.4, 0.5) is 0 Å². The van der Waals surface area contributed by atoms with Crippen molar-refractivity contribution >= 4 is 5.78 Å². The van der Waals surface area contributed by atoms with Crippen LogP contribution in [-0.4, -0.2) is 31.2 Å². The van der Waals surface area contributed by atoms with Gasteiger partial charge in [-0.2, -0.15) is 0 Å². The van der Waals surface area contributed by atoms with E-state index in [1.54, 1.807) is 25.3 Å². The van der Waals surface area contributed by atoms with Gasteiger partial charge in [0, 0.05) is 25.5 Å². The van der Waals surface area contributed by atoms with Crippen molar-refractivity contribution in [3.8, 4) is 11.5 Å². The number of Topliss-reactive ketones (excluding diaryl/α,β-unsaturated/α-hetero) is 1. The van der Waals surface area contributed by atoms with E-state index in [9.17, 15) is 4.79 Å². The zero-order chi connectivity index (χ0) is 13.5. The SMILES string of the molecule is CCOC1CC2(CC(=O)c3ccc(OC)cc3O2)C1. The summed E-state index contributed by atoms with van der Waals surface area (Å²) in [5, 5.41) is 0. The molecule has 1 heterocycles. The largest absolute Gasteiger partial charge is 0.497 e. The lowest BCUT2D eigenvalue weighted by Crippen LogP contribution is -2.55.